The number of nitrogens with zero attached hydrogens (tertiary/aromatic N) is 4. The summed E-state index contributed by atoms with van der Waals surface area (Å²) in [6.07, 6.45) is 2.88. The lowest BCUT2D eigenvalue weighted by atomic mass is 10.0. The fourth-order valence-corrected chi connectivity index (χ4v) is 4.12. The molecular weight excluding hydrogens is 416 g/mol. The number of hydrogen-bond acceptors (Lipinski definition) is 5. The zero-order valence-electron chi connectivity index (χ0n) is 19.3. The summed E-state index contributed by atoms with van der Waals surface area (Å²) in [5.74, 6) is 0.551. The van der Waals surface area contributed by atoms with Gasteiger partial charge in [0.2, 0.25) is 0 Å². The minimum atomic E-state index is -0.250. The predicted octanol–water partition coefficient (Wildman–Crippen LogP) is 4.06. The maximum atomic E-state index is 12.9. The van der Waals surface area contributed by atoms with Crippen molar-refractivity contribution in [2.24, 2.45) is 5.92 Å². The van der Waals surface area contributed by atoms with E-state index in [1.807, 2.05) is 56.1 Å². The fourth-order valence-electron chi connectivity index (χ4n) is 4.12. The molecule has 0 saturated carbocycles. The third-order valence-corrected chi connectivity index (χ3v) is 6.05. The highest BCUT2D eigenvalue weighted by atomic mass is 16.3. The molecule has 33 heavy (non-hydrogen) atoms. The van der Waals surface area contributed by atoms with E-state index in [1.54, 1.807) is 6.20 Å². The standard InChI is InChI=1S/C25H28N4O.CH2O2/c1-18-15-26-27-24(19(18)2)21-9-11-22(12-10-21)25(30)28(3)16-20-13-14-29(17-20)23-7-5-4-6-8-23;2-1-3/h4-12,15,20H,13-14,16-17H2,1-3H3;1H,(H,2,3). The summed E-state index contributed by atoms with van der Waals surface area (Å²) in [5, 5.41) is 15.2. The van der Waals surface area contributed by atoms with Crippen molar-refractivity contribution < 1.29 is 14.7 Å². The summed E-state index contributed by atoms with van der Waals surface area (Å²) in [6, 6.07) is 18.2. The zero-order chi connectivity index (χ0) is 23.8. The number of anilines is 1. The van der Waals surface area contributed by atoms with Gasteiger partial charge in [0.15, 0.2) is 0 Å². The molecule has 1 aliphatic heterocycles. The summed E-state index contributed by atoms with van der Waals surface area (Å²) in [4.78, 5) is 25.6. The average molecular weight is 447 g/mol. The van der Waals surface area contributed by atoms with Gasteiger partial charge in [0, 0.05) is 43.5 Å². The molecule has 0 bridgehead atoms. The maximum Gasteiger partial charge on any atom is 0.290 e. The van der Waals surface area contributed by atoms with E-state index in [-0.39, 0.29) is 12.4 Å². The lowest BCUT2D eigenvalue weighted by Crippen LogP contribution is -2.33. The summed E-state index contributed by atoms with van der Waals surface area (Å²) in [5.41, 5.74) is 6.05. The van der Waals surface area contributed by atoms with Crippen molar-refractivity contribution in [3.05, 3.63) is 77.5 Å². The van der Waals surface area contributed by atoms with E-state index in [0.29, 0.717) is 11.5 Å². The van der Waals surface area contributed by atoms with Crippen LogP contribution in [0, 0.1) is 19.8 Å². The van der Waals surface area contributed by atoms with Crippen LogP contribution in [0.1, 0.15) is 27.9 Å². The average Bonchev–Trinajstić information content (AvgIpc) is 3.30. The van der Waals surface area contributed by atoms with Crippen LogP contribution in [0.15, 0.2) is 60.8 Å². The molecule has 2 aromatic carbocycles. The summed E-state index contributed by atoms with van der Waals surface area (Å²) >= 11 is 0. The number of carboxylic acid groups (broad SMARTS) is 1. The number of amides is 1. The second kappa shape index (κ2) is 11.2. The maximum absolute atomic E-state index is 12.9. The molecule has 1 saturated heterocycles. The molecule has 7 heteroatoms. The molecule has 7 nitrogen and oxygen atoms in total. The third-order valence-electron chi connectivity index (χ3n) is 6.05. The van der Waals surface area contributed by atoms with Crippen LogP contribution in [0.25, 0.3) is 11.3 Å². The van der Waals surface area contributed by atoms with Gasteiger partial charge in [-0.2, -0.15) is 10.2 Å². The summed E-state index contributed by atoms with van der Waals surface area (Å²) in [6.45, 7) is 6.63. The van der Waals surface area contributed by atoms with Gasteiger partial charge in [-0.3, -0.25) is 9.59 Å². The molecule has 1 atom stereocenters. The second-order valence-electron chi connectivity index (χ2n) is 8.31. The largest absolute Gasteiger partial charge is 0.483 e. The zero-order valence-corrected chi connectivity index (χ0v) is 19.3. The Hall–Kier alpha value is -3.74. The first-order valence-electron chi connectivity index (χ1n) is 11.0. The van der Waals surface area contributed by atoms with Crippen LogP contribution in [-0.4, -0.2) is 59.3 Å². The molecule has 3 aromatic rings. The Morgan fingerprint density at radius 2 is 1.82 bits per heavy atom. The second-order valence-corrected chi connectivity index (χ2v) is 8.31. The van der Waals surface area contributed by atoms with Crippen molar-refractivity contribution in [3.63, 3.8) is 0 Å². The Morgan fingerprint density at radius 1 is 1.15 bits per heavy atom. The first kappa shape index (κ1) is 23.9. The number of benzene rings is 2. The van der Waals surface area contributed by atoms with Crippen LogP contribution in [-0.2, 0) is 4.79 Å². The van der Waals surface area contributed by atoms with Crippen LogP contribution in [0.5, 0.6) is 0 Å². The van der Waals surface area contributed by atoms with Gasteiger partial charge in [-0.1, -0.05) is 30.3 Å². The molecule has 1 fully saturated rings. The first-order valence-corrected chi connectivity index (χ1v) is 11.0. The molecule has 4 rings (SSSR count). The summed E-state index contributed by atoms with van der Waals surface area (Å²) in [7, 11) is 1.90. The van der Waals surface area contributed by atoms with Crippen LogP contribution < -0.4 is 4.90 Å². The smallest absolute Gasteiger partial charge is 0.290 e. The van der Waals surface area contributed by atoms with E-state index in [9.17, 15) is 4.79 Å². The van der Waals surface area contributed by atoms with E-state index in [4.69, 9.17) is 9.90 Å². The number of carbonyl (C=O) groups is 2. The highest BCUT2D eigenvalue weighted by Crippen LogP contribution is 2.25. The molecule has 1 aliphatic rings. The van der Waals surface area contributed by atoms with E-state index in [1.165, 1.54) is 5.69 Å². The molecule has 1 unspecified atom stereocenters. The van der Waals surface area contributed by atoms with Crippen LogP contribution in [0.3, 0.4) is 0 Å². The van der Waals surface area contributed by atoms with Gasteiger partial charge < -0.3 is 14.9 Å². The minimum absolute atomic E-state index is 0.0618. The number of hydrogen-bond donors (Lipinski definition) is 1. The van der Waals surface area contributed by atoms with E-state index >= 15 is 0 Å². The number of rotatable bonds is 5. The molecule has 1 aromatic heterocycles. The van der Waals surface area contributed by atoms with Gasteiger partial charge in [-0.25, -0.2) is 0 Å². The van der Waals surface area contributed by atoms with Crippen molar-refractivity contribution in [3.8, 4) is 11.3 Å². The Morgan fingerprint density at radius 3 is 2.48 bits per heavy atom. The van der Waals surface area contributed by atoms with Crippen molar-refractivity contribution in [1.29, 1.82) is 0 Å². The molecule has 0 aliphatic carbocycles. The van der Waals surface area contributed by atoms with Crippen molar-refractivity contribution in [2.45, 2.75) is 20.3 Å². The number of para-hydroxylation sites is 1. The lowest BCUT2D eigenvalue weighted by molar-refractivity contribution is -0.122. The Labute approximate surface area is 194 Å². The van der Waals surface area contributed by atoms with Gasteiger partial charge in [0.25, 0.3) is 12.4 Å². The van der Waals surface area contributed by atoms with Gasteiger partial charge in [-0.15, -0.1) is 0 Å². The third kappa shape index (κ3) is 5.94. The van der Waals surface area contributed by atoms with Gasteiger partial charge in [0.1, 0.15) is 0 Å². The Balaban J connectivity index is 0.000000968. The highest BCUT2D eigenvalue weighted by Gasteiger charge is 2.25. The number of carbonyl (C=O) groups excluding carboxylic acids is 1. The SMILES string of the molecule is Cc1cnnc(-c2ccc(C(=O)N(C)CC3CCN(c4ccccc4)C3)cc2)c1C.O=CO. The van der Waals surface area contributed by atoms with Crippen LogP contribution in [0.4, 0.5) is 5.69 Å². The molecule has 1 amide bonds. The van der Waals surface area contributed by atoms with E-state index in [0.717, 1.165) is 48.4 Å². The van der Waals surface area contributed by atoms with Gasteiger partial charge in [0.05, 0.1) is 11.9 Å². The monoisotopic (exact) mass is 446 g/mol. The van der Waals surface area contributed by atoms with Crippen molar-refractivity contribution >= 4 is 18.1 Å². The highest BCUT2D eigenvalue weighted by molar-refractivity contribution is 5.94. The molecule has 0 spiro atoms. The Bertz CT molecular complexity index is 1070. The number of aromatic nitrogens is 2. The molecule has 172 valence electrons. The first-order chi connectivity index (χ1) is 15.9. The molecule has 1 N–H and O–H groups in total. The quantitative estimate of drug-likeness (QED) is 0.595. The fraction of sp³-hybridized carbons (Fsp3) is 0.308. The van der Waals surface area contributed by atoms with E-state index < -0.39 is 0 Å². The van der Waals surface area contributed by atoms with Gasteiger partial charge in [-0.05, 0) is 61.6 Å². The Kier molecular flexibility index (Phi) is 8.13. The van der Waals surface area contributed by atoms with E-state index in [2.05, 4.69) is 39.4 Å². The number of aryl methyl sites for hydroxylation is 1. The van der Waals surface area contributed by atoms with Crippen molar-refractivity contribution in [1.82, 2.24) is 15.1 Å². The molecular formula is C26H30N4O3. The summed E-state index contributed by atoms with van der Waals surface area (Å²) < 4.78 is 0. The molecule has 0 radical (unpaired) electrons. The molecule has 2 heterocycles. The predicted molar refractivity (Wildman–Crippen MR) is 129 cm³/mol. The lowest BCUT2D eigenvalue weighted by Gasteiger charge is -2.23. The van der Waals surface area contributed by atoms with Crippen LogP contribution in [0.2, 0.25) is 0 Å². The van der Waals surface area contributed by atoms with Gasteiger partial charge >= 0.3 is 0 Å². The van der Waals surface area contributed by atoms with Crippen LogP contribution >= 0.6 is 0 Å². The topological polar surface area (TPSA) is 86.6 Å². The van der Waals surface area contributed by atoms with Crippen molar-refractivity contribution in [2.75, 3.05) is 31.6 Å². The minimum Gasteiger partial charge on any atom is -0.483 e. The normalized spacial score (nSPS) is 14.9.